The number of esters is 2. The summed E-state index contributed by atoms with van der Waals surface area (Å²) in [6.07, 6.45) is -1.98. The smallest absolute Gasteiger partial charge is 0.303 e. The van der Waals surface area contributed by atoms with Crippen molar-refractivity contribution >= 4 is 11.9 Å². The molecule has 0 aromatic carbocycles. The Bertz CT molecular complexity index is 334. The van der Waals surface area contributed by atoms with E-state index in [0.717, 1.165) is 0 Å². The molecule has 0 amide bonds. The SMILES string of the molecule is COC1C(C)OC(COC(C)=O)C(OC(C)=O)C1N. The van der Waals surface area contributed by atoms with Crippen molar-refractivity contribution in [1.29, 1.82) is 0 Å². The molecule has 1 fully saturated rings. The minimum Gasteiger partial charge on any atom is -0.463 e. The van der Waals surface area contributed by atoms with E-state index in [1.54, 1.807) is 6.92 Å². The molecule has 1 rings (SSSR count). The summed E-state index contributed by atoms with van der Waals surface area (Å²) in [7, 11) is 1.52. The summed E-state index contributed by atoms with van der Waals surface area (Å²) in [5, 5.41) is 0. The van der Waals surface area contributed by atoms with Crippen molar-refractivity contribution in [1.82, 2.24) is 0 Å². The van der Waals surface area contributed by atoms with Gasteiger partial charge in [0.2, 0.25) is 0 Å². The number of ether oxygens (including phenoxy) is 4. The highest BCUT2D eigenvalue weighted by Crippen LogP contribution is 2.24. The largest absolute Gasteiger partial charge is 0.463 e. The molecule has 0 saturated carbocycles. The molecule has 5 unspecified atom stereocenters. The van der Waals surface area contributed by atoms with Crippen molar-refractivity contribution in [3.8, 4) is 0 Å². The van der Waals surface area contributed by atoms with Crippen molar-refractivity contribution in [2.75, 3.05) is 13.7 Å². The molecule has 2 N–H and O–H groups in total. The Morgan fingerprint density at radius 1 is 1.21 bits per heavy atom. The number of hydrogen-bond acceptors (Lipinski definition) is 7. The fraction of sp³-hybridized carbons (Fsp3) is 0.833. The van der Waals surface area contributed by atoms with E-state index in [2.05, 4.69) is 0 Å². The molecule has 1 aliphatic heterocycles. The number of nitrogens with two attached hydrogens (primary N) is 1. The van der Waals surface area contributed by atoms with Gasteiger partial charge in [-0.2, -0.15) is 0 Å². The lowest BCUT2D eigenvalue weighted by molar-refractivity contribution is -0.209. The molecule has 0 aromatic heterocycles. The van der Waals surface area contributed by atoms with Gasteiger partial charge in [0.25, 0.3) is 0 Å². The summed E-state index contributed by atoms with van der Waals surface area (Å²) in [5.41, 5.74) is 6.05. The van der Waals surface area contributed by atoms with Gasteiger partial charge >= 0.3 is 11.9 Å². The zero-order chi connectivity index (χ0) is 14.6. The van der Waals surface area contributed by atoms with Crippen molar-refractivity contribution < 1.29 is 28.5 Å². The molecule has 7 heteroatoms. The van der Waals surface area contributed by atoms with Crippen LogP contribution in [-0.2, 0) is 28.5 Å². The van der Waals surface area contributed by atoms with Crippen molar-refractivity contribution in [2.24, 2.45) is 5.73 Å². The molecule has 1 aliphatic rings. The zero-order valence-corrected chi connectivity index (χ0v) is 11.6. The predicted molar refractivity (Wildman–Crippen MR) is 65.3 cm³/mol. The first-order chi connectivity index (χ1) is 8.86. The van der Waals surface area contributed by atoms with E-state index in [1.165, 1.54) is 21.0 Å². The third kappa shape index (κ3) is 4.15. The summed E-state index contributed by atoms with van der Waals surface area (Å²) < 4.78 is 21.0. The standard InChI is InChI=1S/C12H21NO6/c1-6-11(16-4)10(13)12(19-8(3)15)9(18-6)5-17-7(2)14/h6,9-12H,5,13H2,1-4H3. The molecule has 0 bridgehead atoms. The Labute approximate surface area is 112 Å². The highest BCUT2D eigenvalue weighted by molar-refractivity contribution is 5.66. The van der Waals surface area contributed by atoms with Crippen LogP contribution in [0.25, 0.3) is 0 Å². The van der Waals surface area contributed by atoms with Gasteiger partial charge in [0.1, 0.15) is 24.9 Å². The second-order valence-electron chi connectivity index (χ2n) is 4.53. The molecule has 110 valence electrons. The van der Waals surface area contributed by atoms with Gasteiger partial charge in [0.15, 0.2) is 0 Å². The van der Waals surface area contributed by atoms with Crippen LogP contribution in [0.4, 0.5) is 0 Å². The Morgan fingerprint density at radius 2 is 1.84 bits per heavy atom. The maximum absolute atomic E-state index is 11.1. The van der Waals surface area contributed by atoms with E-state index in [0.29, 0.717) is 0 Å². The first-order valence-corrected chi connectivity index (χ1v) is 6.11. The van der Waals surface area contributed by atoms with Gasteiger partial charge in [-0.1, -0.05) is 0 Å². The fourth-order valence-corrected chi connectivity index (χ4v) is 2.21. The first-order valence-electron chi connectivity index (χ1n) is 6.11. The molecule has 0 spiro atoms. The summed E-state index contributed by atoms with van der Waals surface area (Å²) in [5.74, 6) is -0.901. The van der Waals surface area contributed by atoms with Gasteiger partial charge in [-0.3, -0.25) is 9.59 Å². The number of carbonyl (C=O) groups excluding carboxylic acids is 2. The van der Waals surface area contributed by atoms with E-state index < -0.39 is 36.3 Å². The van der Waals surface area contributed by atoms with Gasteiger partial charge in [-0.05, 0) is 6.92 Å². The Hall–Kier alpha value is -1.18. The first kappa shape index (κ1) is 15.9. The second kappa shape index (κ2) is 6.83. The maximum atomic E-state index is 11.1. The van der Waals surface area contributed by atoms with Gasteiger partial charge in [-0.15, -0.1) is 0 Å². The van der Waals surface area contributed by atoms with E-state index in [9.17, 15) is 9.59 Å². The van der Waals surface area contributed by atoms with Crippen LogP contribution in [-0.4, -0.2) is 56.1 Å². The predicted octanol–water partition coefficient (Wildman–Crippen LogP) is -0.389. The summed E-state index contributed by atoms with van der Waals surface area (Å²) in [4.78, 5) is 22.0. The Balaban J connectivity index is 2.80. The second-order valence-corrected chi connectivity index (χ2v) is 4.53. The molecular formula is C12H21NO6. The summed E-state index contributed by atoms with van der Waals surface area (Å²) >= 11 is 0. The van der Waals surface area contributed by atoms with Crippen LogP contribution in [0.5, 0.6) is 0 Å². The van der Waals surface area contributed by atoms with Crippen LogP contribution in [0, 0.1) is 0 Å². The summed E-state index contributed by atoms with van der Waals surface area (Å²) in [6.45, 7) is 4.38. The third-order valence-electron chi connectivity index (χ3n) is 3.00. The molecule has 19 heavy (non-hydrogen) atoms. The number of rotatable bonds is 4. The average Bonchev–Trinajstić information content (AvgIpc) is 2.30. The van der Waals surface area contributed by atoms with E-state index in [1.807, 2.05) is 0 Å². The number of hydrogen-bond donors (Lipinski definition) is 1. The average molecular weight is 275 g/mol. The van der Waals surface area contributed by atoms with Crippen LogP contribution < -0.4 is 5.73 Å². The van der Waals surface area contributed by atoms with Crippen molar-refractivity contribution in [3.05, 3.63) is 0 Å². The molecule has 7 nitrogen and oxygen atoms in total. The van der Waals surface area contributed by atoms with Crippen molar-refractivity contribution in [3.63, 3.8) is 0 Å². The highest BCUT2D eigenvalue weighted by atomic mass is 16.6. The molecule has 5 atom stereocenters. The minimum atomic E-state index is -0.710. The van der Waals surface area contributed by atoms with Crippen LogP contribution in [0.2, 0.25) is 0 Å². The van der Waals surface area contributed by atoms with Crippen LogP contribution in [0.3, 0.4) is 0 Å². The molecule has 0 radical (unpaired) electrons. The van der Waals surface area contributed by atoms with Gasteiger partial charge in [0, 0.05) is 21.0 Å². The van der Waals surface area contributed by atoms with Gasteiger partial charge in [-0.25, -0.2) is 0 Å². The van der Waals surface area contributed by atoms with Crippen LogP contribution in [0.1, 0.15) is 20.8 Å². The zero-order valence-electron chi connectivity index (χ0n) is 11.6. The molecule has 0 aliphatic carbocycles. The van der Waals surface area contributed by atoms with E-state index in [4.69, 9.17) is 24.7 Å². The Morgan fingerprint density at radius 3 is 2.32 bits per heavy atom. The molecular weight excluding hydrogens is 254 g/mol. The monoisotopic (exact) mass is 275 g/mol. The molecule has 1 heterocycles. The molecule has 1 saturated heterocycles. The third-order valence-corrected chi connectivity index (χ3v) is 3.00. The van der Waals surface area contributed by atoms with Gasteiger partial charge in [0.05, 0.1) is 12.1 Å². The highest BCUT2D eigenvalue weighted by Gasteiger charge is 2.45. The van der Waals surface area contributed by atoms with E-state index >= 15 is 0 Å². The lowest BCUT2D eigenvalue weighted by Gasteiger charge is -2.42. The Kier molecular flexibility index (Phi) is 5.71. The van der Waals surface area contributed by atoms with Crippen LogP contribution >= 0.6 is 0 Å². The number of methoxy groups -OCH3 is 1. The lowest BCUT2D eigenvalue weighted by atomic mass is 9.93. The topological polar surface area (TPSA) is 97.1 Å². The lowest BCUT2D eigenvalue weighted by Crippen LogP contribution is -2.63. The normalized spacial score (nSPS) is 34.7. The van der Waals surface area contributed by atoms with Crippen molar-refractivity contribution in [2.45, 2.75) is 51.2 Å². The van der Waals surface area contributed by atoms with Crippen LogP contribution in [0.15, 0.2) is 0 Å². The summed E-state index contributed by atoms with van der Waals surface area (Å²) in [6, 6.07) is -0.543. The number of carbonyl (C=O) groups is 2. The fourth-order valence-electron chi connectivity index (χ4n) is 2.21. The quantitative estimate of drug-likeness (QED) is 0.698. The maximum Gasteiger partial charge on any atom is 0.303 e. The van der Waals surface area contributed by atoms with E-state index in [-0.39, 0.29) is 12.7 Å². The van der Waals surface area contributed by atoms with Gasteiger partial charge < -0.3 is 24.7 Å². The molecule has 0 aromatic rings. The minimum absolute atomic E-state index is 0.0121.